The number of rotatable bonds is 4. The van der Waals surface area contributed by atoms with Crippen LogP contribution in [-0.2, 0) is 5.33 Å². The summed E-state index contributed by atoms with van der Waals surface area (Å²) in [6.07, 6.45) is 0. The number of nitrogens with zero attached hydrogens (tertiary/aromatic N) is 1. The zero-order valence-electron chi connectivity index (χ0n) is 9.98. The lowest BCUT2D eigenvalue weighted by atomic mass is 10.2. The van der Waals surface area contributed by atoms with E-state index in [1.54, 1.807) is 0 Å². The van der Waals surface area contributed by atoms with Gasteiger partial charge in [0.25, 0.3) is 5.69 Å². The van der Waals surface area contributed by atoms with Crippen LogP contribution in [-0.4, -0.2) is 4.92 Å². The SMILES string of the molecule is O=[N+]([O-])c1ccc(Oc2ccc(F)cc2Br)c(CBr)c1. The Kier molecular flexibility index (Phi) is 4.72. The van der Waals surface area contributed by atoms with E-state index in [4.69, 9.17) is 4.74 Å². The topological polar surface area (TPSA) is 52.4 Å². The van der Waals surface area contributed by atoms with Crippen molar-refractivity contribution in [1.82, 2.24) is 0 Å². The monoisotopic (exact) mass is 403 g/mol. The normalized spacial score (nSPS) is 10.3. The molecule has 0 saturated heterocycles. The van der Waals surface area contributed by atoms with E-state index in [0.29, 0.717) is 26.9 Å². The van der Waals surface area contributed by atoms with Gasteiger partial charge in [0.05, 0.1) is 9.40 Å². The molecule has 20 heavy (non-hydrogen) atoms. The Morgan fingerprint density at radius 1 is 1.20 bits per heavy atom. The van der Waals surface area contributed by atoms with Gasteiger partial charge in [-0.3, -0.25) is 10.1 Å². The first kappa shape index (κ1) is 14.9. The zero-order valence-corrected chi connectivity index (χ0v) is 13.1. The fourth-order valence-corrected chi connectivity index (χ4v) is 2.43. The van der Waals surface area contributed by atoms with Crippen LogP contribution < -0.4 is 4.74 Å². The van der Waals surface area contributed by atoms with E-state index in [2.05, 4.69) is 31.9 Å². The number of alkyl halides is 1. The minimum Gasteiger partial charge on any atom is -0.456 e. The molecule has 0 saturated carbocycles. The van der Waals surface area contributed by atoms with Gasteiger partial charge in [0, 0.05) is 23.0 Å². The molecule has 0 aliphatic heterocycles. The maximum Gasteiger partial charge on any atom is 0.270 e. The number of non-ortho nitro benzene ring substituents is 1. The molecule has 0 bridgehead atoms. The van der Waals surface area contributed by atoms with Crippen molar-refractivity contribution >= 4 is 37.5 Å². The Bertz CT molecular complexity index is 664. The molecular formula is C13H8Br2FNO3. The summed E-state index contributed by atoms with van der Waals surface area (Å²) in [5.74, 6) is 0.524. The number of hydrogen-bond donors (Lipinski definition) is 0. The van der Waals surface area contributed by atoms with Gasteiger partial charge in [-0.15, -0.1) is 0 Å². The third-order valence-corrected chi connectivity index (χ3v) is 3.74. The second-order valence-electron chi connectivity index (χ2n) is 3.86. The summed E-state index contributed by atoms with van der Waals surface area (Å²) in [4.78, 5) is 10.3. The van der Waals surface area contributed by atoms with Crippen molar-refractivity contribution in [2.45, 2.75) is 5.33 Å². The molecule has 0 unspecified atom stereocenters. The van der Waals surface area contributed by atoms with Crippen LogP contribution in [0.3, 0.4) is 0 Å². The van der Waals surface area contributed by atoms with Crippen LogP contribution in [0.15, 0.2) is 40.9 Å². The first-order chi connectivity index (χ1) is 9.51. The van der Waals surface area contributed by atoms with Crippen molar-refractivity contribution in [3.8, 4) is 11.5 Å². The molecule has 0 aliphatic rings. The smallest absolute Gasteiger partial charge is 0.270 e. The predicted molar refractivity (Wildman–Crippen MR) is 79.9 cm³/mol. The number of halogens is 3. The summed E-state index contributed by atoms with van der Waals surface area (Å²) in [5, 5.41) is 11.1. The highest BCUT2D eigenvalue weighted by Crippen LogP contribution is 2.34. The third kappa shape index (κ3) is 3.34. The molecule has 0 amide bonds. The predicted octanol–water partition coefficient (Wildman–Crippen LogP) is 5.18. The lowest BCUT2D eigenvalue weighted by molar-refractivity contribution is -0.384. The summed E-state index contributed by atoms with van der Waals surface area (Å²) in [5.41, 5.74) is 0.625. The van der Waals surface area contributed by atoms with Gasteiger partial charge in [0.2, 0.25) is 0 Å². The molecule has 0 aliphatic carbocycles. The molecule has 0 radical (unpaired) electrons. The minimum absolute atomic E-state index is 0.00929. The largest absolute Gasteiger partial charge is 0.456 e. The lowest BCUT2D eigenvalue weighted by Crippen LogP contribution is -1.94. The van der Waals surface area contributed by atoms with Crippen molar-refractivity contribution in [2.24, 2.45) is 0 Å². The molecule has 0 heterocycles. The minimum atomic E-state index is -0.469. The van der Waals surface area contributed by atoms with E-state index in [9.17, 15) is 14.5 Å². The highest BCUT2D eigenvalue weighted by atomic mass is 79.9. The summed E-state index contributed by atoms with van der Waals surface area (Å²) < 4.78 is 19.1. The molecular weight excluding hydrogens is 397 g/mol. The fraction of sp³-hybridized carbons (Fsp3) is 0.0769. The summed E-state index contributed by atoms with van der Waals surface area (Å²) in [6.45, 7) is 0. The average Bonchev–Trinajstić information content (AvgIpc) is 2.42. The fourth-order valence-electron chi connectivity index (χ4n) is 1.56. The van der Waals surface area contributed by atoms with Crippen LogP contribution in [0.5, 0.6) is 11.5 Å². The van der Waals surface area contributed by atoms with Crippen molar-refractivity contribution in [3.05, 3.63) is 62.4 Å². The maximum absolute atomic E-state index is 13.0. The lowest BCUT2D eigenvalue weighted by Gasteiger charge is -2.11. The Balaban J connectivity index is 2.35. The number of benzene rings is 2. The molecule has 0 spiro atoms. The van der Waals surface area contributed by atoms with Gasteiger partial charge in [-0.25, -0.2) is 4.39 Å². The van der Waals surface area contributed by atoms with Gasteiger partial charge in [-0.2, -0.15) is 0 Å². The van der Waals surface area contributed by atoms with Crippen molar-refractivity contribution < 1.29 is 14.1 Å². The number of nitro groups is 1. The second kappa shape index (κ2) is 6.32. The van der Waals surface area contributed by atoms with Crippen LogP contribution >= 0.6 is 31.9 Å². The van der Waals surface area contributed by atoms with Gasteiger partial charge in [0.15, 0.2) is 0 Å². The molecule has 7 heteroatoms. The van der Waals surface area contributed by atoms with E-state index in [1.807, 2.05) is 0 Å². The van der Waals surface area contributed by atoms with E-state index in [0.717, 1.165) is 0 Å². The van der Waals surface area contributed by atoms with Gasteiger partial charge >= 0.3 is 0 Å². The average molecular weight is 405 g/mol. The molecule has 2 aromatic rings. The standard InChI is InChI=1S/C13H8Br2FNO3/c14-7-8-5-10(17(18)19)2-4-12(8)20-13-3-1-9(16)6-11(13)15/h1-6H,7H2. The molecule has 0 atom stereocenters. The van der Waals surface area contributed by atoms with Crippen LogP contribution in [0.4, 0.5) is 10.1 Å². The van der Waals surface area contributed by atoms with Gasteiger partial charge < -0.3 is 4.74 Å². The summed E-state index contributed by atoms with van der Waals surface area (Å²) >= 11 is 6.46. The highest BCUT2D eigenvalue weighted by Gasteiger charge is 2.13. The Morgan fingerprint density at radius 3 is 2.50 bits per heavy atom. The van der Waals surface area contributed by atoms with E-state index in [1.165, 1.54) is 36.4 Å². The van der Waals surface area contributed by atoms with Crippen molar-refractivity contribution in [3.63, 3.8) is 0 Å². The molecule has 4 nitrogen and oxygen atoms in total. The van der Waals surface area contributed by atoms with Gasteiger partial charge in [0.1, 0.15) is 17.3 Å². The second-order valence-corrected chi connectivity index (χ2v) is 5.27. The molecule has 0 fully saturated rings. The zero-order chi connectivity index (χ0) is 14.7. The molecule has 0 aromatic heterocycles. The number of nitro benzene ring substituents is 1. The van der Waals surface area contributed by atoms with Gasteiger partial charge in [-0.1, -0.05) is 15.9 Å². The Hall–Kier alpha value is -1.47. The molecule has 0 N–H and O–H groups in total. The van der Waals surface area contributed by atoms with Gasteiger partial charge in [-0.05, 0) is 40.2 Å². The Labute approximate surface area is 131 Å². The quantitative estimate of drug-likeness (QED) is 0.400. The number of hydrogen-bond acceptors (Lipinski definition) is 3. The summed E-state index contributed by atoms with van der Waals surface area (Å²) in [6, 6.07) is 8.36. The molecule has 2 rings (SSSR count). The first-order valence-electron chi connectivity index (χ1n) is 5.47. The Morgan fingerprint density at radius 2 is 1.90 bits per heavy atom. The number of ether oxygens (including phenoxy) is 1. The summed E-state index contributed by atoms with van der Waals surface area (Å²) in [7, 11) is 0. The third-order valence-electron chi connectivity index (χ3n) is 2.51. The molecule has 2 aromatic carbocycles. The van der Waals surface area contributed by atoms with E-state index >= 15 is 0 Å². The highest BCUT2D eigenvalue weighted by molar-refractivity contribution is 9.10. The van der Waals surface area contributed by atoms with E-state index in [-0.39, 0.29) is 11.5 Å². The molecule has 104 valence electrons. The van der Waals surface area contributed by atoms with Crippen molar-refractivity contribution in [1.29, 1.82) is 0 Å². The first-order valence-corrected chi connectivity index (χ1v) is 7.39. The van der Waals surface area contributed by atoms with Crippen molar-refractivity contribution in [2.75, 3.05) is 0 Å². The maximum atomic E-state index is 13.0. The van der Waals surface area contributed by atoms with Crippen LogP contribution in [0, 0.1) is 15.9 Å². The van der Waals surface area contributed by atoms with Crippen LogP contribution in [0.2, 0.25) is 0 Å². The van der Waals surface area contributed by atoms with Crippen LogP contribution in [0.1, 0.15) is 5.56 Å². The van der Waals surface area contributed by atoms with E-state index < -0.39 is 4.92 Å². The van der Waals surface area contributed by atoms with Crippen LogP contribution in [0.25, 0.3) is 0 Å².